The van der Waals surface area contributed by atoms with E-state index >= 15 is 0 Å². The minimum absolute atomic E-state index is 0.415. The van der Waals surface area contributed by atoms with Crippen LogP contribution in [0, 0.1) is 0 Å². The molecule has 13 heteroatoms. The molecule has 0 aliphatic carbocycles. The number of benzene rings is 3. The summed E-state index contributed by atoms with van der Waals surface area (Å²) in [6.45, 7) is 15.4. The van der Waals surface area contributed by atoms with E-state index in [1.54, 1.807) is 0 Å². The van der Waals surface area contributed by atoms with Crippen molar-refractivity contribution < 1.29 is 61.6 Å². The summed E-state index contributed by atoms with van der Waals surface area (Å²) in [5.41, 5.74) is 2.45. The lowest BCUT2D eigenvalue weighted by atomic mass is 9.80. The Bertz CT molecular complexity index is 1410. The second-order valence-electron chi connectivity index (χ2n) is 17.2. The first-order valence-electron chi connectivity index (χ1n) is 27.1. The van der Waals surface area contributed by atoms with Gasteiger partial charge >= 0.3 is 0 Å². The van der Waals surface area contributed by atoms with Gasteiger partial charge in [0.2, 0.25) is 0 Å². The SMILES string of the molecule is CCCCCCCCCCCCCCCOCCOCCOCCOCCOCCOCCOCCOCCOCCOCCOCCOCCOC(c1ccccc1)(c1ccccc1)c1ccccc1. The van der Waals surface area contributed by atoms with E-state index in [1.165, 1.54) is 77.0 Å². The molecule has 0 atom stereocenters. The van der Waals surface area contributed by atoms with Crippen molar-refractivity contribution >= 4 is 0 Å². The maximum atomic E-state index is 6.75. The lowest BCUT2D eigenvalue weighted by Crippen LogP contribution is -2.34. The summed E-state index contributed by atoms with van der Waals surface area (Å²) in [7, 11) is 0. The van der Waals surface area contributed by atoms with Gasteiger partial charge in [-0.15, -0.1) is 0 Å². The van der Waals surface area contributed by atoms with Crippen molar-refractivity contribution in [3.63, 3.8) is 0 Å². The molecule has 3 rings (SSSR count). The molecule has 0 fully saturated rings. The number of hydrogen-bond donors (Lipinski definition) is 0. The summed E-state index contributed by atoms with van der Waals surface area (Å²) >= 11 is 0. The first-order valence-corrected chi connectivity index (χ1v) is 27.1. The highest BCUT2D eigenvalue weighted by molar-refractivity contribution is 5.47. The van der Waals surface area contributed by atoms with E-state index in [1.807, 2.05) is 54.6 Å². The Morgan fingerprint density at radius 3 is 0.662 bits per heavy atom. The first-order chi connectivity index (χ1) is 35.4. The van der Waals surface area contributed by atoms with Crippen LogP contribution < -0.4 is 0 Å². The van der Waals surface area contributed by atoms with Gasteiger partial charge in [-0.05, 0) is 23.1 Å². The van der Waals surface area contributed by atoms with Crippen molar-refractivity contribution in [1.29, 1.82) is 0 Å². The molecule has 0 aromatic heterocycles. The summed E-state index contributed by atoms with van der Waals surface area (Å²) in [4.78, 5) is 0. The average Bonchev–Trinajstić information content (AvgIpc) is 3.41. The first kappa shape index (κ1) is 62.4. The molecule has 0 amide bonds. The fraction of sp³-hybridized carbons (Fsp3) is 0.690. The molecule has 3 aromatic carbocycles. The third-order valence-electron chi connectivity index (χ3n) is 11.6. The predicted octanol–water partition coefficient (Wildman–Crippen LogP) is 10.3. The second kappa shape index (κ2) is 48.1. The van der Waals surface area contributed by atoms with Crippen LogP contribution in [0.1, 0.15) is 107 Å². The highest BCUT2D eigenvalue weighted by Gasteiger charge is 2.37. The Morgan fingerprint density at radius 1 is 0.225 bits per heavy atom. The lowest BCUT2D eigenvalue weighted by Gasteiger charge is -2.36. The smallest absolute Gasteiger partial charge is 0.143 e. The minimum Gasteiger partial charge on any atom is -0.379 e. The topological polar surface area (TPSA) is 120 Å². The Hall–Kier alpha value is -2.86. The molecular weight excluding hydrogens is 905 g/mol. The molecule has 0 saturated heterocycles. The van der Waals surface area contributed by atoms with Crippen molar-refractivity contribution in [2.75, 3.05) is 165 Å². The summed E-state index contributed by atoms with van der Waals surface area (Å²) in [6.07, 6.45) is 17.7. The molecule has 0 N–H and O–H groups in total. The van der Waals surface area contributed by atoms with Gasteiger partial charge in [-0.1, -0.05) is 175 Å². The van der Waals surface area contributed by atoms with Crippen molar-refractivity contribution in [2.45, 2.75) is 96.0 Å². The Kier molecular flexibility index (Phi) is 42.3. The quantitative estimate of drug-likeness (QED) is 0.0395. The molecule has 404 valence electrons. The molecule has 0 heterocycles. The van der Waals surface area contributed by atoms with Gasteiger partial charge in [0.25, 0.3) is 0 Å². The Morgan fingerprint density at radius 2 is 0.423 bits per heavy atom. The van der Waals surface area contributed by atoms with E-state index in [9.17, 15) is 0 Å². The molecule has 3 aromatic rings. The van der Waals surface area contributed by atoms with Gasteiger partial charge in [-0.3, -0.25) is 0 Å². The number of ether oxygens (including phenoxy) is 13. The van der Waals surface area contributed by atoms with Crippen LogP contribution in [0.5, 0.6) is 0 Å². The summed E-state index contributed by atoms with van der Waals surface area (Å²) in [6, 6.07) is 31.0. The van der Waals surface area contributed by atoms with E-state index in [-0.39, 0.29) is 0 Å². The van der Waals surface area contributed by atoms with Crippen LogP contribution in [-0.2, 0) is 67.2 Å². The number of hydrogen-bond acceptors (Lipinski definition) is 13. The van der Waals surface area contributed by atoms with Crippen LogP contribution in [0.25, 0.3) is 0 Å². The van der Waals surface area contributed by atoms with Crippen LogP contribution in [0.2, 0.25) is 0 Å². The van der Waals surface area contributed by atoms with E-state index in [0.29, 0.717) is 159 Å². The van der Waals surface area contributed by atoms with Crippen LogP contribution in [0.3, 0.4) is 0 Å². The molecule has 0 aliphatic heterocycles. The monoisotopic (exact) mass is 999 g/mol. The molecule has 0 spiro atoms. The molecule has 71 heavy (non-hydrogen) atoms. The van der Waals surface area contributed by atoms with E-state index in [0.717, 1.165) is 29.7 Å². The molecule has 0 saturated carbocycles. The third-order valence-corrected chi connectivity index (χ3v) is 11.6. The predicted molar refractivity (Wildman–Crippen MR) is 281 cm³/mol. The molecular formula is C58H94O13. The van der Waals surface area contributed by atoms with Crippen LogP contribution in [0.15, 0.2) is 91.0 Å². The molecule has 0 unspecified atom stereocenters. The normalized spacial score (nSPS) is 11.8. The average molecular weight is 999 g/mol. The van der Waals surface area contributed by atoms with Gasteiger partial charge in [0.1, 0.15) is 5.60 Å². The van der Waals surface area contributed by atoms with Gasteiger partial charge in [-0.2, -0.15) is 0 Å². The van der Waals surface area contributed by atoms with Crippen LogP contribution in [0.4, 0.5) is 0 Å². The van der Waals surface area contributed by atoms with E-state index < -0.39 is 5.60 Å². The molecule has 0 bridgehead atoms. The molecule has 0 radical (unpaired) electrons. The standard InChI is InChI=1S/C58H94O13/c1-2-3-4-5-6-7-8-9-10-11-12-13-23-30-59-31-32-60-33-34-61-35-36-62-37-38-63-39-40-64-41-42-65-43-44-66-45-46-67-47-48-68-49-50-69-51-52-70-53-54-71-58(55-24-17-14-18-25-55,56-26-19-15-20-27-56)57-28-21-16-22-29-57/h14-22,24-29H,2-13,23,30-54H2,1H3. The van der Waals surface area contributed by atoms with E-state index in [4.69, 9.17) is 61.6 Å². The highest BCUT2D eigenvalue weighted by atomic mass is 16.6. The summed E-state index contributed by atoms with van der Waals surface area (Å²) in [5, 5.41) is 0. The van der Waals surface area contributed by atoms with Gasteiger partial charge in [0.15, 0.2) is 0 Å². The van der Waals surface area contributed by atoms with Gasteiger partial charge < -0.3 is 61.6 Å². The van der Waals surface area contributed by atoms with E-state index in [2.05, 4.69) is 43.3 Å². The van der Waals surface area contributed by atoms with Crippen LogP contribution in [-0.4, -0.2) is 165 Å². The Labute approximate surface area is 429 Å². The fourth-order valence-corrected chi connectivity index (χ4v) is 7.77. The van der Waals surface area contributed by atoms with Crippen molar-refractivity contribution in [1.82, 2.24) is 0 Å². The van der Waals surface area contributed by atoms with Gasteiger partial charge in [-0.25, -0.2) is 0 Å². The number of unbranched alkanes of at least 4 members (excludes halogenated alkanes) is 12. The Balaban J connectivity index is 0.946. The molecule has 0 aliphatic rings. The van der Waals surface area contributed by atoms with Gasteiger partial charge in [0, 0.05) is 6.61 Å². The fourth-order valence-electron chi connectivity index (χ4n) is 7.77. The van der Waals surface area contributed by atoms with Crippen LogP contribution >= 0.6 is 0 Å². The highest BCUT2D eigenvalue weighted by Crippen LogP contribution is 2.40. The zero-order valence-electron chi connectivity index (χ0n) is 43.8. The van der Waals surface area contributed by atoms with Crippen molar-refractivity contribution in [3.8, 4) is 0 Å². The third kappa shape index (κ3) is 33.6. The zero-order chi connectivity index (χ0) is 49.9. The van der Waals surface area contributed by atoms with Gasteiger partial charge in [0.05, 0.1) is 159 Å². The lowest BCUT2D eigenvalue weighted by molar-refractivity contribution is -0.0399. The van der Waals surface area contributed by atoms with Crippen molar-refractivity contribution in [3.05, 3.63) is 108 Å². The largest absolute Gasteiger partial charge is 0.379 e. The maximum absolute atomic E-state index is 6.75. The minimum atomic E-state index is -0.754. The van der Waals surface area contributed by atoms with Crippen molar-refractivity contribution in [2.24, 2.45) is 0 Å². The second-order valence-corrected chi connectivity index (χ2v) is 17.2. The maximum Gasteiger partial charge on any atom is 0.143 e. The summed E-state index contributed by atoms with van der Waals surface area (Å²) in [5.74, 6) is 0. The number of rotatable bonds is 54. The zero-order valence-corrected chi connectivity index (χ0v) is 43.8. The summed E-state index contributed by atoms with van der Waals surface area (Å²) < 4.78 is 74.1. The molecule has 13 nitrogen and oxygen atoms in total.